The van der Waals surface area contributed by atoms with Crippen molar-refractivity contribution < 1.29 is 27.5 Å². The Labute approximate surface area is 145 Å². The van der Waals surface area contributed by atoms with Crippen LogP contribution < -0.4 is 9.64 Å². The van der Waals surface area contributed by atoms with Gasteiger partial charge in [0.15, 0.2) is 0 Å². The van der Waals surface area contributed by atoms with E-state index in [0.29, 0.717) is 5.56 Å². The smallest absolute Gasteiger partial charge is 0.406 e. The van der Waals surface area contributed by atoms with Crippen LogP contribution in [0, 0.1) is 0 Å². The van der Waals surface area contributed by atoms with E-state index in [9.17, 15) is 22.8 Å². The highest BCUT2D eigenvalue weighted by Gasteiger charge is 2.39. The molecule has 0 spiro atoms. The molecule has 3 rings (SSSR count). The third kappa shape index (κ3) is 3.36. The monoisotopic (exact) mass is 367 g/mol. The SMILES string of the molecule is O=C1C(Cl)=C(c2ccccc2)C(=O)N1c1ccc(OC(F)(F)F)cc1. The number of halogens is 4. The van der Waals surface area contributed by atoms with Gasteiger partial charge < -0.3 is 4.74 Å². The van der Waals surface area contributed by atoms with Gasteiger partial charge >= 0.3 is 6.36 Å². The molecule has 25 heavy (non-hydrogen) atoms. The molecule has 1 aliphatic rings. The highest BCUT2D eigenvalue weighted by Crippen LogP contribution is 2.35. The number of ether oxygens (including phenoxy) is 1. The van der Waals surface area contributed by atoms with Gasteiger partial charge in [-0.05, 0) is 29.8 Å². The Morgan fingerprint density at radius 1 is 0.880 bits per heavy atom. The second-order valence-corrected chi connectivity index (χ2v) is 5.42. The standard InChI is InChI=1S/C17H9ClF3NO3/c18-14-13(10-4-2-1-3-5-10)15(23)22(16(14)24)11-6-8-12(9-7-11)25-17(19,20)21/h1-9H. The lowest BCUT2D eigenvalue weighted by Crippen LogP contribution is -2.31. The van der Waals surface area contributed by atoms with Crippen molar-refractivity contribution >= 4 is 34.7 Å². The molecule has 0 aromatic heterocycles. The molecule has 1 heterocycles. The minimum absolute atomic E-state index is 0.0443. The molecule has 1 aliphatic heterocycles. The van der Waals surface area contributed by atoms with Gasteiger partial charge in [0, 0.05) is 0 Å². The molecule has 2 aromatic carbocycles. The Bertz CT molecular complexity index is 861. The lowest BCUT2D eigenvalue weighted by molar-refractivity contribution is -0.274. The Morgan fingerprint density at radius 3 is 2.04 bits per heavy atom. The summed E-state index contributed by atoms with van der Waals surface area (Å²) in [4.78, 5) is 25.7. The Morgan fingerprint density at radius 2 is 1.48 bits per heavy atom. The maximum absolute atomic E-state index is 12.6. The second-order valence-electron chi connectivity index (χ2n) is 5.04. The topological polar surface area (TPSA) is 46.6 Å². The summed E-state index contributed by atoms with van der Waals surface area (Å²) in [6.45, 7) is 0. The average Bonchev–Trinajstić information content (AvgIpc) is 2.78. The van der Waals surface area contributed by atoms with E-state index in [-0.39, 0.29) is 16.3 Å². The van der Waals surface area contributed by atoms with Crippen LogP contribution in [-0.4, -0.2) is 18.2 Å². The van der Waals surface area contributed by atoms with Gasteiger partial charge in [0.2, 0.25) is 0 Å². The first-order valence-corrected chi connectivity index (χ1v) is 7.35. The Kier molecular flexibility index (Phi) is 4.26. The first-order valence-electron chi connectivity index (χ1n) is 6.98. The Hall–Kier alpha value is -2.80. The summed E-state index contributed by atoms with van der Waals surface area (Å²) in [7, 11) is 0. The van der Waals surface area contributed by atoms with Crippen molar-refractivity contribution in [2.75, 3.05) is 4.90 Å². The number of carbonyl (C=O) groups is 2. The molecule has 4 nitrogen and oxygen atoms in total. The van der Waals surface area contributed by atoms with Crippen LogP contribution in [-0.2, 0) is 9.59 Å². The van der Waals surface area contributed by atoms with Crippen LogP contribution in [0.15, 0.2) is 59.6 Å². The van der Waals surface area contributed by atoms with Gasteiger partial charge in [0.1, 0.15) is 10.8 Å². The van der Waals surface area contributed by atoms with Gasteiger partial charge in [-0.3, -0.25) is 9.59 Å². The number of hydrogen-bond acceptors (Lipinski definition) is 3. The molecule has 2 aromatic rings. The number of amides is 2. The van der Waals surface area contributed by atoms with E-state index in [1.54, 1.807) is 30.3 Å². The predicted molar refractivity (Wildman–Crippen MR) is 84.8 cm³/mol. The number of nitrogens with zero attached hydrogens (tertiary/aromatic N) is 1. The van der Waals surface area contributed by atoms with Crippen molar-refractivity contribution in [2.45, 2.75) is 6.36 Å². The van der Waals surface area contributed by atoms with Gasteiger partial charge in [-0.25, -0.2) is 4.90 Å². The normalized spacial score (nSPS) is 15.1. The second kappa shape index (κ2) is 6.25. The summed E-state index contributed by atoms with van der Waals surface area (Å²) in [5, 5.41) is -0.244. The van der Waals surface area contributed by atoms with Crippen LogP contribution in [0.25, 0.3) is 5.57 Å². The molecule has 8 heteroatoms. The zero-order valence-corrected chi connectivity index (χ0v) is 13.1. The highest BCUT2D eigenvalue weighted by molar-refractivity contribution is 6.60. The van der Waals surface area contributed by atoms with E-state index in [1.807, 2.05) is 0 Å². The average molecular weight is 368 g/mol. The molecule has 0 aliphatic carbocycles. The molecule has 0 N–H and O–H groups in total. The summed E-state index contributed by atoms with van der Waals surface area (Å²) in [6, 6.07) is 12.8. The maximum atomic E-state index is 12.6. The number of benzene rings is 2. The van der Waals surface area contributed by atoms with Crippen molar-refractivity contribution in [3.63, 3.8) is 0 Å². The van der Waals surface area contributed by atoms with E-state index in [4.69, 9.17) is 11.6 Å². The fourth-order valence-electron chi connectivity index (χ4n) is 2.39. The predicted octanol–water partition coefficient (Wildman–Crippen LogP) is 4.11. The first kappa shape index (κ1) is 17.0. The van der Waals surface area contributed by atoms with Crippen LogP contribution >= 0.6 is 11.6 Å². The van der Waals surface area contributed by atoms with Gasteiger partial charge in [0.05, 0.1) is 11.3 Å². The van der Waals surface area contributed by atoms with E-state index < -0.39 is 23.9 Å². The van der Waals surface area contributed by atoms with Gasteiger partial charge in [-0.15, -0.1) is 13.2 Å². The minimum atomic E-state index is -4.83. The molecule has 0 radical (unpaired) electrons. The number of alkyl halides is 3. The molecule has 0 fully saturated rings. The summed E-state index contributed by atoms with van der Waals surface area (Å²) in [5.74, 6) is -1.85. The van der Waals surface area contributed by atoms with Crippen molar-refractivity contribution in [3.8, 4) is 5.75 Å². The third-order valence-corrected chi connectivity index (χ3v) is 3.77. The molecular weight excluding hydrogens is 359 g/mol. The molecule has 0 atom stereocenters. The minimum Gasteiger partial charge on any atom is -0.406 e. The van der Waals surface area contributed by atoms with Crippen LogP contribution in [0.3, 0.4) is 0 Å². The quantitative estimate of drug-likeness (QED) is 0.767. The van der Waals surface area contributed by atoms with E-state index in [2.05, 4.69) is 4.74 Å². The number of imide groups is 1. The van der Waals surface area contributed by atoms with Crippen molar-refractivity contribution in [2.24, 2.45) is 0 Å². The summed E-state index contributed by atoms with van der Waals surface area (Å²) >= 11 is 6.02. The van der Waals surface area contributed by atoms with Gasteiger partial charge in [-0.2, -0.15) is 0 Å². The summed E-state index contributed by atoms with van der Waals surface area (Å²) in [5.41, 5.74) is 0.613. The summed E-state index contributed by atoms with van der Waals surface area (Å²) < 4.78 is 40.3. The van der Waals surface area contributed by atoms with E-state index >= 15 is 0 Å². The fraction of sp³-hybridized carbons (Fsp3) is 0.0588. The first-order chi connectivity index (χ1) is 11.8. The number of carbonyl (C=O) groups excluding carboxylic acids is 2. The lowest BCUT2D eigenvalue weighted by Gasteiger charge is -2.16. The largest absolute Gasteiger partial charge is 0.573 e. The highest BCUT2D eigenvalue weighted by atomic mass is 35.5. The number of anilines is 1. The zero-order valence-electron chi connectivity index (χ0n) is 12.4. The summed E-state index contributed by atoms with van der Waals surface area (Å²) in [6.07, 6.45) is -4.83. The van der Waals surface area contributed by atoms with E-state index in [1.165, 1.54) is 12.1 Å². The molecule has 0 saturated heterocycles. The molecule has 2 amide bonds. The van der Waals surface area contributed by atoms with Crippen LogP contribution in [0.4, 0.5) is 18.9 Å². The Balaban J connectivity index is 1.90. The fourth-order valence-corrected chi connectivity index (χ4v) is 2.66. The number of rotatable bonds is 3. The van der Waals surface area contributed by atoms with Crippen molar-refractivity contribution in [3.05, 3.63) is 65.2 Å². The maximum Gasteiger partial charge on any atom is 0.573 e. The van der Waals surface area contributed by atoms with Crippen LogP contribution in [0.5, 0.6) is 5.75 Å². The molecule has 0 unspecified atom stereocenters. The molecule has 0 saturated carbocycles. The zero-order chi connectivity index (χ0) is 18.2. The van der Waals surface area contributed by atoms with Crippen LogP contribution in [0.2, 0.25) is 0 Å². The third-order valence-electron chi connectivity index (χ3n) is 3.42. The molecule has 128 valence electrons. The molecular formula is C17H9ClF3NO3. The van der Waals surface area contributed by atoms with Crippen LogP contribution in [0.1, 0.15) is 5.56 Å². The number of hydrogen-bond donors (Lipinski definition) is 0. The van der Waals surface area contributed by atoms with Gasteiger partial charge in [-0.1, -0.05) is 41.9 Å². The molecule has 0 bridgehead atoms. The van der Waals surface area contributed by atoms with Crippen molar-refractivity contribution in [1.82, 2.24) is 0 Å². The van der Waals surface area contributed by atoms with E-state index in [0.717, 1.165) is 17.0 Å². The van der Waals surface area contributed by atoms with Crippen molar-refractivity contribution in [1.29, 1.82) is 0 Å². The lowest BCUT2D eigenvalue weighted by atomic mass is 10.1. The van der Waals surface area contributed by atoms with Gasteiger partial charge in [0.25, 0.3) is 11.8 Å².